The van der Waals surface area contributed by atoms with E-state index < -0.39 is 27.2 Å². The Morgan fingerprint density at radius 1 is 1.15 bits per heavy atom. The van der Waals surface area contributed by atoms with Crippen LogP contribution in [0.4, 0.5) is 15.5 Å². The summed E-state index contributed by atoms with van der Waals surface area (Å²) in [6.45, 7) is 6.83. The summed E-state index contributed by atoms with van der Waals surface area (Å²) in [7, 11) is -3.87. The Hall–Kier alpha value is -1.69. The number of hydrogen-bond acceptors (Lipinski definition) is 7. The number of hydrogen-bond donors (Lipinski definition) is 4. The first-order chi connectivity index (χ1) is 15.8. The van der Waals surface area contributed by atoms with E-state index in [2.05, 4.69) is 21.5 Å². The van der Waals surface area contributed by atoms with E-state index in [1.54, 1.807) is 18.2 Å². The molecule has 1 aromatic carbocycles. The van der Waals surface area contributed by atoms with E-state index in [9.17, 15) is 18.0 Å². The van der Waals surface area contributed by atoms with Gasteiger partial charge in [-0.25, -0.2) is 13.2 Å². The number of rotatable bonds is 5. The molecule has 1 aliphatic rings. The molecule has 34 heavy (non-hydrogen) atoms. The number of carbonyl (C=O) groups is 2. The number of amides is 2. The van der Waals surface area contributed by atoms with Crippen molar-refractivity contribution in [2.24, 2.45) is 5.92 Å². The number of sulfone groups is 1. The number of nitrogens with one attached hydrogen (secondary N) is 4. The number of halogens is 2. The van der Waals surface area contributed by atoms with Crippen LogP contribution < -0.4 is 21.5 Å². The molecule has 2 amide bonds. The molecular weight excluding hydrogens is 519 g/mol. The molecule has 4 N–H and O–H groups in total. The zero-order valence-electron chi connectivity index (χ0n) is 19.3. The van der Waals surface area contributed by atoms with Gasteiger partial charge in [0.05, 0.1) is 21.3 Å². The minimum atomic E-state index is -3.87. The minimum absolute atomic E-state index is 0.0890. The Morgan fingerprint density at radius 2 is 1.85 bits per heavy atom. The second-order valence-corrected chi connectivity index (χ2v) is 12.9. The molecule has 1 aromatic heterocycles. The Labute approximate surface area is 213 Å². The molecule has 1 saturated heterocycles. The largest absolute Gasteiger partial charge is 0.324 e. The van der Waals surface area contributed by atoms with Gasteiger partial charge in [0.15, 0.2) is 15.6 Å². The van der Waals surface area contributed by atoms with Gasteiger partial charge in [-0.05, 0) is 30.4 Å². The maximum atomic E-state index is 13.7. The SMILES string of the molecule is CC(C)(C)c1sc(NC(=O)Nc2cccc(Cl)c2Cl)c(S(C)(=O)=O)c1C(=O)C1CCCNNC1. The average Bonchev–Trinajstić information content (AvgIpc) is 2.91. The zero-order chi connectivity index (χ0) is 25.3. The third kappa shape index (κ3) is 6.10. The predicted octanol–water partition coefficient (Wildman–Crippen LogP) is 5.09. The van der Waals surface area contributed by atoms with Crippen molar-refractivity contribution in [3.8, 4) is 0 Å². The summed E-state index contributed by atoms with van der Waals surface area (Å²) in [6, 6.07) is 4.08. The standard InChI is InChI=1S/C22H28Cl2N4O4S2/c1-22(2,3)19-15(17(29)12-7-6-10-25-26-11-12)18(34(4,31)32)20(33-19)28-21(30)27-14-9-5-8-13(23)16(14)24/h5,8-9,12,25-26H,6-7,10-11H2,1-4H3,(H2,27,28,30). The topological polar surface area (TPSA) is 116 Å². The van der Waals surface area contributed by atoms with Crippen molar-refractivity contribution in [3.05, 3.63) is 38.7 Å². The molecule has 1 fully saturated rings. The van der Waals surface area contributed by atoms with Crippen LogP contribution in [0.3, 0.4) is 0 Å². The van der Waals surface area contributed by atoms with Crippen LogP contribution in [0.15, 0.2) is 23.1 Å². The lowest BCUT2D eigenvalue weighted by atomic mass is 9.86. The maximum Gasteiger partial charge on any atom is 0.324 e. The number of benzene rings is 1. The molecule has 12 heteroatoms. The van der Waals surface area contributed by atoms with Crippen molar-refractivity contribution < 1.29 is 18.0 Å². The highest BCUT2D eigenvalue weighted by Crippen LogP contribution is 2.44. The van der Waals surface area contributed by atoms with E-state index in [0.29, 0.717) is 17.8 Å². The molecule has 1 unspecified atom stereocenters. The quantitative estimate of drug-likeness (QED) is 0.388. The van der Waals surface area contributed by atoms with Gasteiger partial charge in [-0.15, -0.1) is 11.3 Å². The Morgan fingerprint density at radius 3 is 2.50 bits per heavy atom. The number of carbonyl (C=O) groups excluding carboxylic acids is 2. The molecule has 0 saturated carbocycles. The summed E-state index contributed by atoms with van der Waals surface area (Å²) in [4.78, 5) is 26.9. The molecule has 8 nitrogen and oxygen atoms in total. The van der Waals surface area contributed by atoms with Crippen molar-refractivity contribution in [1.82, 2.24) is 10.9 Å². The van der Waals surface area contributed by atoms with Crippen molar-refractivity contribution >= 4 is 66.9 Å². The highest BCUT2D eigenvalue weighted by atomic mass is 35.5. The van der Waals surface area contributed by atoms with Gasteiger partial charge in [0, 0.05) is 30.1 Å². The first-order valence-corrected chi connectivity index (χ1v) is 14.2. The summed E-state index contributed by atoms with van der Waals surface area (Å²) in [5.74, 6) is -0.637. The number of ketones is 1. The maximum absolute atomic E-state index is 13.7. The summed E-state index contributed by atoms with van der Waals surface area (Å²) < 4.78 is 25.8. The molecule has 3 rings (SSSR count). The van der Waals surface area contributed by atoms with E-state index >= 15 is 0 Å². The van der Waals surface area contributed by atoms with Crippen LogP contribution in [0, 0.1) is 5.92 Å². The minimum Gasteiger partial charge on any atom is -0.306 e. The summed E-state index contributed by atoms with van der Waals surface area (Å²) >= 11 is 13.3. The fraction of sp³-hybridized carbons (Fsp3) is 0.455. The molecule has 1 aliphatic heterocycles. The highest BCUT2D eigenvalue weighted by molar-refractivity contribution is 7.91. The third-order valence-corrected chi connectivity index (χ3v) is 8.92. The summed E-state index contributed by atoms with van der Waals surface area (Å²) in [6.07, 6.45) is 2.45. The number of anilines is 2. The average molecular weight is 548 g/mol. The molecule has 186 valence electrons. The van der Waals surface area contributed by atoms with Gasteiger partial charge in [0.25, 0.3) is 0 Å². The lowest BCUT2D eigenvalue weighted by molar-refractivity contribution is 0.0909. The van der Waals surface area contributed by atoms with Gasteiger partial charge in [0.2, 0.25) is 0 Å². The highest BCUT2D eigenvalue weighted by Gasteiger charge is 2.37. The third-order valence-electron chi connectivity index (χ3n) is 5.29. The molecule has 1 atom stereocenters. The normalized spacial score (nSPS) is 17.2. The van der Waals surface area contributed by atoms with Crippen LogP contribution >= 0.6 is 34.5 Å². The van der Waals surface area contributed by atoms with Gasteiger partial charge >= 0.3 is 6.03 Å². The van der Waals surface area contributed by atoms with Gasteiger partial charge in [-0.2, -0.15) is 0 Å². The van der Waals surface area contributed by atoms with Crippen molar-refractivity contribution in [3.63, 3.8) is 0 Å². The number of Topliss-reactive ketones (excluding diaryl/α,β-unsaturated/α-hetero) is 1. The first-order valence-electron chi connectivity index (χ1n) is 10.7. The second kappa shape index (κ2) is 10.5. The van der Waals surface area contributed by atoms with E-state index in [-0.39, 0.29) is 37.0 Å². The number of thiophene rings is 1. The van der Waals surface area contributed by atoms with E-state index in [0.717, 1.165) is 30.6 Å². The van der Waals surface area contributed by atoms with E-state index in [4.69, 9.17) is 23.2 Å². The fourth-order valence-corrected chi connectivity index (χ4v) is 6.82. The fourth-order valence-electron chi connectivity index (χ4n) is 3.71. The molecule has 0 aliphatic carbocycles. The summed E-state index contributed by atoms with van der Waals surface area (Å²) in [5.41, 5.74) is 5.95. The lowest BCUT2D eigenvalue weighted by Crippen LogP contribution is -2.35. The molecule has 2 heterocycles. The van der Waals surface area contributed by atoms with Crippen LogP contribution in [0.5, 0.6) is 0 Å². The predicted molar refractivity (Wildman–Crippen MR) is 138 cm³/mol. The van der Waals surface area contributed by atoms with Crippen LogP contribution in [-0.4, -0.2) is 39.6 Å². The van der Waals surface area contributed by atoms with Gasteiger partial charge < -0.3 is 5.32 Å². The first kappa shape index (κ1) is 26.9. The monoisotopic (exact) mass is 546 g/mol. The summed E-state index contributed by atoms with van der Waals surface area (Å²) in [5, 5.41) is 5.73. The van der Waals surface area contributed by atoms with Gasteiger partial charge in [-0.3, -0.25) is 21.0 Å². The number of hydrazine groups is 1. The second-order valence-electron chi connectivity index (χ2n) is 9.18. The Balaban J connectivity index is 2.06. The van der Waals surface area contributed by atoms with Crippen molar-refractivity contribution in [2.75, 3.05) is 30.0 Å². The molecule has 0 radical (unpaired) electrons. The molecule has 2 aromatic rings. The van der Waals surface area contributed by atoms with Crippen LogP contribution in [0.1, 0.15) is 48.8 Å². The van der Waals surface area contributed by atoms with Crippen LogP contribution in [-0.2, 0) is 15.3 Å². The van der Waals surface area contributed by atoms with Crippen molar-refractivity contribution in [1.29, 1.82) is 0 Å². The lowest BCUT2D eigenvalue weighted by Gasteiger charge is -2.21. The smallest absolute Gasteiger partial charge is 0.306 e. The Kier molecular flexibility index (Phi) is 8.32. The van der Waals surface area contributed by atoms with Gasteiger partial charge in [-0.1, -0.05) is 50.0 Å². The molecule has 0 bridgehead atoms. The zero-order valence-corrected chi connectivity index (χ0v) is 22.5. The molecular formula is C22H28Cl2N4O4S2. The van der Waals surface area contributed by atoms with E-state index in [1.165, 1.54) is 0 Å². The van der Waals surface area contributed by atoms with E-state index in [1.807, 2.05) is 20.8 Å². The number of urea groups is 1. The van der Waals surface area contributed by atoms with Crippen LogP contribution in [0.25, 0.3) is 0 Å². The molecule has 0 spiro atoms. The van der Waals surface area contributed by atoms with Gasteiger partial charge in [0.1, 0.15) is 9.90 Å². The van der Waals surface area contributed by atoms with Crippen LogP contribution in [0.2, 0.25) is 10.0 Å². The van der Waals surface area contributed by atoms with Crippen molar-refractivity contribution in [2.45, 2.75) is 43.9 Å². The Bertz CT molecular complexity index is 1200.